The van der Waals surface area contributed by atoms with Crippen LogP contribution < -0.4 is 18.1 Å². The van der Waals surface area contributed by atoms with Crippen LogP contribution in [-0.4, -0.2) is 37.1 Å². The van der Waals surface area contributed by atoms with Gasteiger partial charge in [0.1, 0.15) is 0 Å². The summed E-state index contributed by atoms with van der Waals surface area (Å²) < 4.78 is 0.985. The van der Waals surface area contributed by atoms with E-state index in [0.29, 0.717) is 0 Å². The molecule has 3 nitrogen and oxygen atoms in total. The number of primary amides is 1. The molecule has 0 saturated carbocycles. The zero-order chi connectivity index (χ0) is 13.7. The highest BCUT2D eigenvalue weighted by Crippen LogP contribution is 2.04. The summed E-state index contributed by atoms with van der Waals surface area (Å²) in [5.41, 5.74) is 4.53. The fourth-order valence-corrected chi connectivity index (χ4v) is 1.28. The van der Waals surface area contributed by atoms with Crippen LogP contribution in [0.2, 0.25) is 0 Å². The van der Waals surface area contributed by atoms with Crippen molar-refractivity contribution in [2.24, 2.45) is 5.73 Å². The quantitative estimate of drug-likeness (QED) is 0.345. The number of hydrogen-bond acceptors (Lipinski definition) is 1. The molecule has 0 saturated heterocycles. The van der Waals surface area contributed by atoms with Crippen molar-refractivity contribution in [3.8, 4) is 0 Å². The van der Waals surface area contributed by atoms with Crippen LogP contribution in [0.4, 0.5) is 0 Å². The van der Waals surface area contributed by atoms with Crippen molar-refractivity contribution >= 4 is 5.91 Å². The summed E-state index contributed by atoms with van der Waals surface area (Å²) in [7, 11) is 2.22. The van der Waals surface area contributed by atoms with Gasteiger partial charge in [0, 0.05) is 6.42 Å². The number of nitrogens with zero attached hydrogens (tertiary/aromatic N) is 1. The predicted octanol–water partition coefficient (Wildman–Crippen LogP) is -0.957. The first-order valence-electron chi connectivity index (χ1n) is 5.54. The van der Waals surface area contributed by atoms with E-state index in [1.165, 1.54) is 0 Å². The molecule has 104 valence electrons. The summed E-state index contributed by atoms with van der Waals surface area (Å²) in [5.74, 6) is -0.481. The summed E-state index contributed by atoms with van der Waals surface area (Å²) in [6, 6.07) is 0. The molecular formula is C14H25ClN2O. The van der Waals surface area contributed by atoms with Crippen LogP contribution in [0.3, 0.4) is 0 Å². The molecule has 4 heteroatoms. The average molecular weight is 273 g/mol. The molecule has 0 aliphatic rings. The van der Waals surface area contributed by atoms with E-state index in [2.05, 4.69) is 39.1 Å². The van der Waals surface area contributed by atoms with Gasteiger partial charge in [-0.05, 0) is 18.2 Å². The number of quaternary nitrogens is 1. The van der Waals surface area contributed by atoms with Crippen LogP contribution in [0.15, 0.2) is 50.6 Å². The Labute approximate surface area is 117 Å². The Balaban J connectivity index is -0.000000321. The van der Waals surface area contributed by atoms with E-state index in [4.69, 9.17) is 0 Å². The lowest BCUT2D eigenvalue weighted by Gasteiger charge is -2.32. The Morgan fingerprint density at radius 2 is 1.50 bits per heavy atom. The van der Waals surface area contributed by atoms with Gasteiger partial charge < -0.3 is 22.6 Å². The fourth-order valence-electron chi connectivity index (χ4n) is 1.28. The minimum Gasteiger partial charge on any atom is -1.00 e. The Morgan fingerprint density at radius 3 is 1.72 bits per heavy atom. The van der Waals surface area contributed by atoms with E-state index in [1.54, 1.807) is 0 Å². The number of nitrogens with two attached hydrogens (primary N) is 1. The molecule has 2 N–H and O–H groups in total. The molecule has 0 aromatic carbocycles. The molecule has 0 unspecified atom stereocenters. The molecule has 1 amide bonds. The van der Waals surface area contributed by atoms with Gasteiger partial charge >= 0.3 is 0 Å². The molecule has 0 aliphatic carbocycles. The van der Waals surface area contributed by atoms with E-state index < -0.39 is 5.91 Å². The number of amides is 1. The first-order valence-corrected chi connectivity index (χ1v) is 5.54. The molecule has 0 aromatic rings. The molecule has 0 spiro atoms. The lowest BCUT2D eigenvalue weighted by molar-refractivity contribution is -0.897. The van der Waals surface area contributed by atoms with E-state index in [9.17, 15) is 4.79 Å². The summed E-state index contributed by atoms with van der Waals surface area (Å²) >= 11 is 0. The number of halogens is 1. The van der Waals surface area contributed by atoms with Gasteiger partial charge in [-0.15, -0.1) is 6.58 Å². The minimum absolute atomic E-state index is 0. The van der Waals surface area contributed by atoms with Crippen molar-refractivity contribution in [1.82, 2.24) is 0 Å². The number of carbonyl (C=O) groups excluding carboxylic acids is 1. The summed E-state index contributed by atoms with van der Waals surface area (Å²) in [6.07, 6.45) is 8.00. The van der Waals surface area contributed by atoms with Crippen LogP contribution in [0.5, 0.6) is 0 Å². The van der Waals surface area contributed by atoms with Crippen molar-refractivity contribution in [2.45, 2.75) is 6.42 Å². The highest BCUT2D eigenvalue weighted by Gasteiger charge is 2.15. The van der Waals surface area contributed by atoms with Crippen LogP contribution in [0.1, 0.15) is 6.42 Å². The number of carbonyl (C=O) groups is 1. The maximum atomic E-state index is 9.47. The van der Waals surface area contributed by atoms with Gasteiger partial charge in [0.25, 0.3) is 0 Å². The smallest absolute Gasteiger partial charge is 0.240 e. The molecule has 0 heterocycles. The van der Waals surface area contributed by atoms with Crippen molar-refractivity contribution < 1.29 is 21.7 Å². The monoisotopic (exact) mass is 272 g/mol. The molecule has 0 bridgehead atoms. The van der Waals surface area contributed by atoms with Crippen LogP contribution in [0.25, 0.3) is 0 Å². The Bertz CT molecular complexity index is 265. The van der Waals surface area contributed by atoms with Gasteiger partial charge in [-0.1, -0.05) is 25.8 Å². The zero-order valence-electron chi connectivity index (χ0n) is 11.3. The van der Waals surface area contributed by atoms with Gasteiger partial charge in [0.2, 0.25) is 5.91 Å². The topological polar surface area (TPSA) is 43.1 Å². The normalized spacial score (nSPS) is 8.94. The van der Waals surface area contributed by atoms with E-state index in [-0.39, 0.29) is 12.4 Å². The second kappa shape index (κ2) is 13.7. The first kappa shape index (κ1) is 21.9. The third-order valence-electron chi connectivity index (χ3n) is 2.21. The van der Waals surface area contributed by atoms with Crippen molar-refractivity contribution in [1.29, 1.82) is 0 Å². The second-order valence-electron chi connectivity index (χ2n) is 3.97. The lowest BCUT2D eigenvalue weighted by atomic mass is 10.3. The van der Waals surface area contributed by atoms with Crippen LogP contribution in [-0.2, 0) is 4.79 Å². The first-order chi connectivity index (χ1) is 7.95. The van der Waals surface area contributed by atoms with E-state index in [1.807, 2.05) is 18.2 Å². The Morgan fingerprint density at radius 1 is 1.11 bits per heavy atom. The van der Waals surface area contributed by atoms with Gasteiger partial charge in [-0.25, -0.2) is 0 Å². The minimum atomic E-state index is -0.481. The molecule has 18 heavy (non-hydrogen) atoms. The lowest BCUT2D eigenvalue weighted by Crippen LogP contribution is -3.00. The fraction of sp³-hybridized carbons (Fsp3) is 0.357. The van der Waals surface area contributed by atoms with Crippen molar-refractivity contribution in [2.75, 3.05) is 26.7 Å². The van der Waals surface area contributed by atoms with Gasteiger partial charge in [-0.2, -0.15) is 0 Å². The maximum Gasteiger partial charge on any atom is 0.240 e. The molecule has 0 radical (unpaired) electrons. The molecule has 0 aliphatic heterocycles. The maximum absolute atomic E-state index is 9.47. The van der Waals surface area contributed by atoms with E-state index in [0.717, 1.165) is 36.6 Å². The third kappa shape index (κ3) is 14.7. The summed E-state index contributed by atoms with van der Waals surface area (Å²) in [4.78, 5) is 9.47. The van der Waals surface area contributed by atoms with Gasteiger partial charge in [0.05, 0.1) is 26.7 Å². The third-order valence-corrected chi connectivity index (χ3v) is 2.21. The van der Waals surface area contributed by atoms with Crippen LogP contribution >= 0.6 is 0 Å². The van der Waals surface area contributed by atoms with Gasteiger partial charge in [-0.3, -0.25) is 4.79 Å². The number of rotatable bonds is 8. The Hall–Kier alpha value is -1.32. The Kier molecular flexibility index (Phi) is 16.7. The largest absolute Gasteiger partial charge is 1.00 e. The zero-order valence-corrected chi connectivity index (χ0v) is 12.0. The van der Waals surface area contributed by atoms with Crippen molar-refractivity contribution in [3.63, 3.8) is 0 Å². The molecule has 0 aromatic heterocycles. The highest BCUT2D eigenvalue weighted by molar-refractivity contribution is 5.84. The predicted molar refractivity (Wildman–Crippen MR) is 75.4 cm³/mol. The molecule has 0 atom stereocenters. The average Bonchev–Trinajstić information content (AvgIpc) is 2.28. The summed E-state index contributed by atoms with van der Waals surface area (Å²) in [6.45, 7) is 17.4. The van der Waals surface area contributed by atoms with Crippen LogP contribution in [0, 0.1) is 0 Å². The number of likely N-dealkylation sites (N-methyl/N-ethyl adjacent to an activating group) is 1. The molecule has 0 rings (SSSR count). The molecule has 0 fully saturated rings. The van der Waals surface area contributed by atoms with Crippen molar-refractivity contribution in [3.05, 3.63) is 50.6 Å². The standard InChI is InChI=1S/C11H20N.C3H5NO.ClH/c1-5-8-11-12(4,9-6-2)10-7-3;1-2-3(4)5;/h5-7H,1-3,8-11H2,4H3;2H,1H2,(H2,4,5);1H/q+1;;/p-1. The second-order valence-corrected chi connectivity index (χ2v) is 3.97. The van der Waals surface area contributed by atoms with Gasteiger partial charge in [0.15, 0.2) is 0 Å². The summed E-state index contributed by atoms with van der Waals surface area (Å²) in [5, 5.41) is 0. The highest BCUT2D eigenvalue weighted by atomic mass is 35.5. The van der Waals surface area contributed by atoms with E-state index >= 15 is 0 Å². The SMILES string of the molecule is C=CC(N)=O.C=CCC[N+](C)(CC=C)CC=C.[Cl-]. The molecular weight excluding hydrogens is 248 g/mol. The number of hydrogen-bond donors (Lipinski definition) is 1.